The van der Waals surface area contributed by atoms with Crippen LogP contribution in [0, 0.1) is 11.6 Å². The van der Waals surface area contributed by atoms with Gasteiger partial charge in [0, 0.05) is 26.3 Å². The summed E-state index contributed by atoms with van der Waals surface area (Å²) in [7, 11) is 1.79. The van der Waals surface area contributed by atoms with E-state index in [1.165, 1.54) is 18.2 Å². The molecule has 1 unspecified atom stereocenters. The molecule has 5 heteroatoms. The molecule has 1 aromatic heterocycles. The molecule has 0 aliphatic rings. The fourth-order valence-electron chi connectivity index (χ4n) is 1.79. The summed E-state index contributed by atoms with van der Waals surface area (Å²) >= 11 is 4.94. The average Bonchev–Trinajstić information content (AvgIpc) is 2.76. The number of hydrogen-bond acceptors (Lipinski definition) is 2. The van der Waals surface area contributed by atoms with Crippen molar-refractivity contribution in [3.8, 4) is 0 Å². The van der Waals surface area contributed by atoms with E-state index in [0.717, 1.165) is 9.35 Å². The van der Waals surface area contributed by atoms with Crippen LogP contribution in [0.15, 0.2) is 34.1 Å². The van der Waals surface area contributed by atoms with Gasteiger partial charge in [-0.05, 0) is 47.6 Å². The quantitative estimate of drug-likeness (QED) is 0.881. The summed E-state index contributed by atoms with van der Waals surface area (Å²) in [6.07, 6.45) is 0.294. The lowest BCUT2D eigenvalue weighted by Crippen LogP contribution is -2.19. The number of hydrogen-bond donors (Lipinski definition) is 1. The molecule has 1 atom stereocenters. The van der Waals surface area contributed by atoms with E-state index in [0.29, 0.717) is 6.42 Å². The first-order chi connectivity index (χ1) is 8.61. The minimum absolute atomic E-state index is 0.0901. The van der Waals surface area contributed by atoms with Gasteiger partial charge in [-0.2, -0.15) is 0 Å². The molecule has 2 aromatic rings. The van der Waals surface area contributed by atoms with Crippen LogP contribution in [0.1, 0.15) is 16.5 Å². The van der Waals surface area contributed by atoms with Gasteiger partial charge in [-0.15, -0.1) is 11.3 Å². The number of benzene rings is 1. The standard InChI is InChI=1S/C13H12BrF2NS/c1-17-12(13-5-8(14)7-18-13)6-9-10(15)3-2-4-11(9)16/h2-5,7,12,17H,6H2,1H3. The van der Waals surface area contributed by atoms with Crippen LogP contribution >= 0.6 is 27.3 Å². The third-order valence-corrected chi connectivity index (χ3v) is 4.56. The van der Waals surface area contributed by atoms with Crippen LogP contribution in [-0.2, 0) is 6.42 Å². The van der Waals surface area contributed by atoms with Crippen molar-refractivity contribution in [1.82, 2.24) is 5.32 Å². The largest absolute Gasteiger partial charge is 0.312 e. The van der Waals surface area contributed by atoms with Crippen molar-refractivity contribution in [2.24, 2.45) is 0 Å². The summed E-state index contributed by atoms with van der Waals surface area (Å²) in [6, 6.07) is 5.83. The zero-order valence-electron chi connectivity index (χ0n) is 9.71. The molecule has 0 saturated heterocycles. The van der Waals surface area contributed by atoms with Gasteiger partial charge in [0.1, 0.15) is 11.6 Å². The summed E-state index contributed by atoms with van der Waals surface area (Å²) in [5.74, 6) is -0.989. The third-order valence-electron chi connectivity index (χ3n) is 2.75. The van der Waals surface area contributed by atoms with E-state index >= 15 is 0 Å². The molecule has 96 valence electrons. The number of likely N-dealkylation sites (N-methyl/N-ethyl adjacent to an activating group) is 1. The van der Waals surface area contributed by atoms with E-state index in [1.807, 2.05) is 11.4 Å². The van der Waals surface area contributed by atoms with Crippen LogP contribution in [0.3, 0.4) is 0 Å². The monoisotopic (exact) mass is 331 g/mol. The van der Waals surface area contributed by atoms with E-state index < -0.39 is 11.6 Å². The highest BCUT2D eigenvalue weighted by molar-refractivity contribution is 9.10. The Balaban J connectivity index is 2.26. The smallest absolute Gasteiger partial charge is 0.129 e. The second kappa shape index (κ2) is 5.91. The summed E-state index contributed by atoms with van der Waals surface area (Å²) in [5.41, 5.74) is 0.126. The Hall–Kier alpha value is -0.780. The second-order valence-corrected chi connectivity index (χ2v) is 5.77. The molecule has 0 spiro atoms. The fraction of sp³-hybridized carbons (Fsp3) is 0.231. The zero-order chi connectivity index (χ0) is 13.1. The predicted octanol–water partition coefficient (Wildman–Crippen LogP) is 4.29. The van der Waals surface area contributed by atoms with Gasteiger partial charge in [-0.25, -0.2) is 8.78 Å². The van der Waals surface area contributed by atoms with Crippen molar-refractivity contribution in [2.75, 3.05) is 7.05 Å². The van der Waals surface area contributed by atoms with E-state index in [1.54, 1.807) is 18.4 Å². The summed E-state index contributed by atoms with van der Waals surface area (Å²) < 4.78 is 28.2. The molecule has 0 radical (unpaired) electrons. The van der Waals surface area contributed by atoms with E-state index in [9.17, 15) is 8.78 Å². The molecule has 1 aromatic carbocycles. The van der Waals surface area contributed by atoms with Crippen molar-refractivity contribution < 1.29 is 8.78 Å². The van der Waals surface area contributed by atoms with E-state index in [2.05, 4.69) is 21.2 Å². The molecule has 1 heterocycles. The van der Waals surface area contributed by atoms with Crippen LogP contribution in [0.4, 0.5) is 8.78 Å². The Kier molecular flexibility index (Phi) is 4.48. The molecule has 0 aliphatic carbocycles. The molecular weight excluding hydrogens is 320 g/mol. The topological polar surface area (TPSA) is 12.0 Å². The predicted molar refractivity (Wildman–Crippen MR) is 73.9 cm³/mol. The van der Waals surface area contributed by atoms with Gasteiger partial charge in [0.2, 0.25) is 0 Å². The van der Waals surface area contributed by atoms with Crippen molar-refractivity contribution in [3.63, 3.8) is 0 Å². The Morgan fingerprint density at radius 3 is 2.50 bits per heavy atom. The summed E-state index contributed by atoms with van der Waals surface area (Å²) in [4.78, 5) is 1.05. The Morgan fingerprint density at radius 2 is 2.00 bits per heavy atom. The van der Waals surface area contributed by atoms with Crippen molar-refractivity contribution in [3.05, 3.63) is 56.2 Å². The fourth-order valence-corrected chi connectivity index (χ4v) is 3.34. The van der Waals surface area contributed by atoms with Crippen molar-refractivity contribution in [2.45, 2.75) is 12.5 Å². The molecule has 18 heavy (non-hydrogen) atoms. The van der Waals surface area contributed by atoms with Crippen molar-refractivity contribution >= 4 is 27.3 Å². The lowest BCUT2D eigenvalue weighted by atomic mass is 10.0. The SMILES string of the molecule is CNC(Cc1c(F)cccc1F)c1cc(Br)cs1. The highest BCUT2D eigenvalue weighted by Crippen LogP contribution is 2.29. The highest BCUT2D eigenvalue weighted by Gasteiger charge is 2.17. The van der Waals surface area contributed by atoms with E-state index in [4.69, 9.17) is 0 Å². The van der Waals surface area contributed by atoms with Gasteiger partial charge in [0.25, 0.3) is 0 Å². The van der Waals surface area contributed by atoms with Gasteiger partial charge < -0.3 is 5.32 Å². The van der Waals surface area contributed by atoms with Gasteiger partial charge in [-0.3, -0.25) is 0 Å². The summed E-state index contributed by atoms with van der Waals surface area (Å²) in [5, 5.41) is 5.05. The minimum atomic E-state index is -0.495. The van der Waals surface area contributed by atoms with Crippen LogP contribution in [0.2, 0.25) is 0 Å². The zero-order valence-corrected chi connectivity index (χ0v) is 12.1. The minimum Gasteiger partial charge on any atom is -0.312 e. The number of nitrogens with one attached hydrogen (secondary N) is 1. The van der Waals surface area contributed by atoms with Gasteiger partial charge in [0.15, 0.2) is 0 Å². The highest BCUT2D eigenvalue weighted by atomic mass is 79.9. The first kappa shape index (κ1) is 13.6. The molecule has 0 aliphatic heterocycles. The normalized spacial score (nSPS) is 12.7. The van der Waals surface area contributed by atoms with Crippen molar-refractivity contribution in [1.29, 1.82) is 0 Å². The Morgan fingerprint density at radius 1 is 1.33 bits per heavy atom. The Labute approximate surface area is 117 Å². The first-order valence-corrected chi connectivity index (χ1v) is 7.13. The lowest BCUT2D eigenvalue weighted by molar-refractivity contribution is 0.518. The lowest BCUT2D eigenvalue weighted by Gasteiger charge is -2.15. The van der Waals surface area contributed by atoms with Gasteiger partial charge in [0.05, 0.1) is 0 Å². The van der Waals surface area contributed by atoms with Crippen LogP contribution in [0.5, 0.6) is 0 Å². The van der Waals surface area contributed by atoms with Crippen LogP contribution in [-0.4, -0.2) is 7.05 Å². The molecule has 1 nitrogen and oxygen atoms in total. The number of rotatable bonds is 4. The van der Waals surface area contributed by atoms with Gasteiger partial charge >= 0.3 is 0 Å². The van der Waals surface area contributed by atoms with Crippen LogP contribution in [0.25, 0.3) is 0 Å². The second-order valence-electron chi connectivity index (χ2n) is 3.91. The molecule has 0 fully saturated rings. The molecule has 0 bridgehead atoms. The molecular formula is C13H12BrF2NS. The molecule has 1 N–H and O–H groups in total. The van der Waals surface area contributed by atoms with Crippen LogP contribution < -0.4 is 5.32 Å². The maximum Gasteiger partial charge on any atom is 0.129 e. The molecule has 2 rings (SSSR count). The third kappa shape index (κ3) is 2.96. The number of halogens is 3. The van der Waals surface area contributed by atoms with Gasteiger partial charge in [-0.1, -0.05) is 6.07 Å². The maximum atomic E-state index is 13.6. The first-order valence-electron chi connectivity index (χ1n) is 5.46. The molecule has 0 saturated carbocycles. The average molecular weight is 332 g/mol. The molecule has 0 amide bonds. The summed E-state index contributed by atoms with van der Waals surface area (Å²) in [6.45, 7) is 0. The maximum absolute atomic E-state index is 13.6. The number of thiophene rings is 1. The Bertz CT molecular complexity index is 521. The van der Waals surface area contributed by atoms with E-state index in [-0.39, 0.29) is 11.6 Å².